The van der Waals surface area contributed by atoms with Gasteiger partial charge in [-0.05, 0) is 81.5 Å². The molecule has 0 aliphatic carbocycles. The van der Waals surface area contributed by atoms with Crippen LogP contribution in [0.4, 0.5) is 0 Å². The molecule has 2 aromatic rings. The van der Waals surface area contributed by atoms with E-state index in [-0.39, 0.29) is 30.4 Å². The van der Waals surface area contributed by atoms with Gasteiger partial charge in [-0.3, -0.25) is 19.1 Å². The van der Waals surface area contributed by atoms with E-state index in [1.165, 1.54) is 48.6 Å². The predicted octanol–water partition coefficient (Wildman–Crippen LogP) is 6.71. The van der Waals surface area contributed by atoms with Crippen molar-refractivity contribution in [3.8, 4) is 11.5 Å². The Kier molecular flexibility index (Phi) is 20.9. The molecule has 1 aliphatic heterocycles. The van der Waals surface area contributed by atoms with Crippen molar-refractivity contribution in [1.29, 1.82) is 0 Å². The Morgan fingerprint density at radius 2 is 1.67 bits per heavy atom. The van der Waals surface area contributed by atoms with Crippen LogP contribution >= 0.6 is 0 Å². The van der Waals surface area contributed by atoms with Gasteiger partial charge in [0.05, 0.1) is 18.8 Å². The number of amides is 1. The maximum Gasteiger partial charge on any atom is 0.330 e. The smallest absolute Gasteiger partial charge is 0.330 e. The minimum absolute atomic E-state index is 0.0453. The van der Waals surface area contributed by atoms with Crippen molar-refractivity contribution >= 4 is 5.91 Å². The van der Waals surface area contributed by atoms with E-state index < -0.39 is 29.6 Å². The highest BCUT2D eigenvalue weighted by Gasteiger charge is 2.35. The number of H-pyrrole nitrogens is 1. The maximum atomic E-state index is 11.9. The molecule has 3 rings (SSSR count). The summed E-state index contributed by atoms with van der Waals surface area (Å²) in [6, 6.07) is 4.17. The van der Waals surface area contributed by atoms with Crippen LogP contribution in [-0.2, 0) is 16.0 Å². The third kappa shape index (κ3) is 17.1. The molecule has 51 heavy (non-hydrogen) atoms. The molecule has 13 nitrogen and oxygen atoms in total. The van der Waals surface area contributed by atoms with Gasteiger partial charge in [0, 0.05) is 36.1 Å². The van der Waals surface area contributed by atoms with Crippen LogP contribution < -0.4 is 16.6 Å². The van der Waals surface area contributed by atoms with Crippen LogP contribution in [0.5, 0.6) is 11.5 Å². The van der Waals surface area contributed by atoms with Gasteiger partial charge in [0.2, 0.25) is 5.91 Å². The molecule has 5 N–H and O–H groups in total. The minimum atomic E-state index is -0.671. The second-order valence-corrected chi connectivity index (χ2v) is 12.2. The number of allylic oxidation sites excluding steroid dienone is 8. The van der Waals surface area contributed by atoms with Gasteiger partial charge in [-0.25, -0.2) is 4.79 Å². The van der Waals surface area contributed by atoms with E-state index in [2.05, 4.69) is 75.9 Å². The summed E-state index contributed by atoms with van der Waals surface area (Å²) in [5.74, 6) is -0.216. The van der Waals surface area contributed by atoms with Gasteiger partial charge in [-0.1, -0.05) is 79.6 Å². The van der Waals surface area contributed by atoms with Gasteiger partial charge in [-0.2, -0.15) is 0 Å². The molecule has 1 saturated heterocycles. The van der Waals surface area contributed by atoms with Crippen molar-refractivity contribution in [2.24, 2.45) is 5.11 Å². The summed E-state index contributed by atoms with van der Waals surface area (Å²) in [5.41, 5.74) is 8.63. The monoisotopic (exact) mass is 706 g/mol. The first-order valence-electron chi connectivity index (χ1n) is 17.7. The van der Waals surface area contributed by atoms with Crippen LogP contribution in [0.25, 0.3) is 10.4 Å². The lowest BCUT2D eigenvalue weighted by Crippen LogP contribution is -2.33. The fourth-order valence-corrected chi connectivity index (χ4v) is 5.14. The molecule has 13 heteroatoms. The van der Waals surface area contributed by atoms with E-state index in [1.54, 1.807) is 13.0 Å². The number of aromatic hydroxyl groups is 2. The van der Waals surface area contributed by atoms with Crippen molar-refractivity contribution in [1.82, 2.24) is 14.9 Å². The van der Waals surface area contributed by atoms with Crippen molar-refractivity contribution in [2.45, 2.75) is 109 Å². The number of ether oxygens (including phenoxy) is 1. The number of azide groups is 1. The Bertz CT molecular complexity index is 1620. The SMILES string of the molecule is CCCCC/C=C\C/C=C\C/C=C\C/C=C\CCCC(=O)NCCc1ccc(O)c(O)c1.Cc1cn([C@H]2C[C@H](N=[N+]=[N-])[C@@H](CO)O2)c(=O)[nH]c1=O. The van der Waals surface area contributed by atoms with E-state index in [1.807, 2.05) is 0 Å². The Hall–Kier alpha value is -4.84. The molecule has 0 saturated carbocycles. The number of unbranched alkanes of at least 4 members (excludes halogenated alkanes) is 4. The van der Waals surface area contributed by atoms with E-state index in [0.717, 1.165) is 37.7 Å². The van der Waals surface area contributed by atoms with Gasteiger partial charge < -0.3 is 25.4 Å². The molecular weight excluding hydrogens is 652 g/mol. The van der Waals surface area contributed by atoms with Crippen molar-refractivity contribution < 1.29 is 24.9 Å². The van der Waals surface area contributed by atoms with Crippen molar-refractivity contribution in [3.63, 3.8) is 0 Å². The summed E-state index contributed by atoms with van der Waals surface area (Å²) in [5, 5.41) is 34.3. The lowest BCUT2D eigenvalue weighted by Gasteiger charge is -2.14. The highest BCUT2D eigenvalue weighted by atomic mass is 16.5. The number of aryl methyl sites for hydroxylation is 1. The Morgan fingerprint density at radius 1 is 1.02 bits per heavy atom. The first-order valence-corrected chi connectivity index (χ1v) is 17.7. The minimum Gasteiger partial charge on any atom is -0.504 e. The van der Waals surface area contributed by atoms with Crippen LogP contribution in [0.15, 0.2) is 87.7 Å². The van der Waals surface area contributed by atoms with Crippen molar-refractivity contribution in [3.05, 3.63) is 115 Å². The van der Waals surface area contributed by atoms with Crippen molar-refractivity contribution in [2.75, 3.05) is 13.2 Å². The molecule has 1 aliphatic rings. The fourth-order valence-electron chi connectivity index (χ4n) is 5.14. The number of carbonyl (C=O) groups is 1. The van der Waals surface area contributed by atoms with Crippen LogP contribution in [-0.4, -0.2) is 56.1 Å². The quantitative estimate of drug-likeness (QED) is 0.0251. The molecule has 1 aromatic carbocycles. The van der Waals surface area contributed by atoms with Gasteiger partial charge in [0.15, 0.2) is 11.5 Å². The summed E-state index contributed by atoms with van der Waals surface area (Å²) in [7, 11) is 0. The van der Waals surface area contributed by atoms with Gasteiger partial charge in [-0.15, -0.1) is 0 Å². The number of nitrogens with zero attached hydrogens (tertiary/aromatic N) is 4. The number of aromatic nitrogens is 2. The number of phenolic OH excluding ortho intramolecular Hbond substituents is 2. The number of benzene rings is 1. The molecule has 2 heterocycles. The molecule has 0 unspecified atom stereocenters. The molecule has 0 spiro atoms. The summed E-state index contributed by atoms with van der Waals surface area (Å²) in [6.07, 6.45) is 28.8. The maximum absolute atomic E-state index is 11.9. The fraction of sp³-hybridized carbons (Fsp3) is 0.500. The number of hydrogen-bond acceptors (Lipinski definition) is 8. The van der Waals surface area contributed by atoms with Crippen LogP contribution in [0.2, 0.25) is 0 Å². The van der Waals surface area contributed by atoms with Gasteiger partial charge in [0.25, 0.3) is 5.56 Å². The Morgan fingerprint density at radius 3 is 2.27 bits per heavy atom. The molecule has 3 atom stereocenters. The molecule has 0 radical (unpaired) electrons. The zero-order valence-corrected chi connectivity index (χ0v) is 29.8. The van der Waals surface area contributed by atoms with E-state index in [0.29, 0.717) is 24.9 Å². The van der Waals surface area contributed by atoms with E-state index >= 15 is 0 Å². The molecule has 1 fully saturated rings. The Labute approximate surface area is 299 Å². The summed E-state index contributed by atoms with van der Waals surface area (Å²) in [4.78, 5) is 39.7. The number of aliphatic hydroxyl groups is 1. The van der Waals surface area contributed by atoms with Crippen LogP contribution in [0.1, 0.15) is 94.9 Å². The summed E-state index contributed by atoms with van der Waals surface area (Å²) >= 11 is 0. The molecule has 278 valence electrons. The lowest BCUT2D eigenvalue weighted by molar-refractivity contribution is -0.121. The number of carbonyl (C=O) groups excluding carboxylic acids is 1. The summed E-state index contributed by atoms with van der Waals surface area (Å²) in [6.45, 7) is 4.01. The Balaban J connectivity index is 0.000000400. The topological polar surface area (TPSA) is 203 Å². The van der Waals surface area contributed by atoms with Gasteiger partial charge in [0.1, 0.15) is 6.23 Å². The largest absolute Gasteiger partial charge is 0.504 e. The first-order chi connectivity index (χ1) is 24.7. The zero-order chi connectivity index (χ0) is 37.3. The average molecular weight is 707 g/mol. The average Bonchev–Trinajstić information content (AvgIpc) is 3.52. The third-order valence-electron chi connectivity index (χ3n) is 8.05. The molecule has 1 aromatic heterocycles. The number of aromatic amines is 1. The standard InChI is InChI=1S/C28H41NO3.C10H13N5O4/c1-2-3-4-5-6-7-8-9-10-11-12-13-14-15-16-17-18-19-28(32)29-23-22-25-20-21-26(30)27(31)24-25;1-5-3-15(10(18)12-9(5)17)8-2-6(13-14-11)7(4-16)19-8/h6-7,9-10,12-13,15-16,20-21,24,30-31H,2-5,8,11,14,17-19,22-23H2,1H3,(H,29,32);3,6-8,16H,2,4H2,1H3,(H,12,17,18)/b7-6-,10-9-,13-12-,16-15-;/t;6-,7+,8+/m.0/s1. The lowest BCUT2D eigenvalue weighted by atomic mass is 10.1. The van der Waals surface area contributed by atoms with Crippen LogP contribution in [0, 0.1) is 6.92 Å². The zero-order valence-electron chi connectivity index (χ0n) is 29.8. The number of phenols is 2. The first kappa shape index (κ1) is 42.3. The normalized spacial score (nSPS) is 17.3. The molecular formula is C38H54N6O7. The van der Waals surface area contributed by atoms with E-state index in [4.69, 9.17) is 15.4 Å². The number of aliphatic hydroxyl groups excluding tert-OH is 1. The summed E-state index contributed by atoms with van der Waals surface area (Å²) < 4.78 is 6.69. The highest BCUT2D eigenvalue weighted by Crippen LogP contribution is 2.29. The second kappa shape index (κ2) is 25.2. The number of nitrogens with one attached hydrogen (secondary N) is 2. The van der Waals surface area contributed by atoms with E-state index in [9.17, 15) is 24.6 Å². The predicted molar refractivity (Wildman–Crippen MR) is 199 cm³/mol. The highest BCUT2D eigenvalue weighted by molar-refractivity contribution is 5.75. The number of rotatable bonds is 20. The second-order valence-electron chi connectivity index (χ2n) is 12.2. The number of hydrogen-bond donors (Lipinski definition) is 5. The van der Waals surface area contributed by atoms with Gasteiger partial charge >= 0.3 is 5.69 Å². The molecule has 0 bridgehead atoms. The van der Waals surface area contributed by atoms with Crippen LogP contribution in [0.3, 0.4) is 0 Å². The third-order valence-corrected chi connectivity index (χ3v) is 8.05. The molecule has 1 amide bonds.